The molecule has 2 N–H and O–H groups in total. The Balaban J connectivity index is 1.97. The SMILES string of the molecule is CN1CCN(C(=O)C(CN)Cc2cncn2C)CC1. The average Bonchev–Trinajstić information content (AvgIpc) is 2.81. The first-order valence-electron chi connectivity index (χ1n) is 6.74. The zero-order valence-corrected chi connectivity index (χ0v) is 11.7. The lowest BCUT2D eigenvalue weighted by atomic mass is 10.0. The number of likely N-dealkylation sites (N-methyl/N-ethyl adjacent to an activating group) is 1. The molecular formula is C13H23N5O. The molecule has 1 amide bonds. The van der Waals surface area contributed by atoms with Crippen LogP contribution in [0.5, 0.6) is 0 Å². The molecule has 106 valence electrons. The van der Waals surface area contributed by atoms with E-state index in [1.165, 1.54) is 0 Å². The first-order chi connectivity index (χ1) is 9.11. The Hall–Kier alpha value is -1.40. The molecule has 2 rings (SSSR count). The van der Waals surface area contributed by atoms with Crippen LogP contribution < -0.4 is 5.73 Å². The van der Waals surface area contributed by atoms with Crippen molar-refractivity contribution in [3.05, 3.63) is 18.2 Å². The van der Waals surface area contributed by atoms with Crippen LogP contribution in [0.25, 0.3) is 0 Å². The number of amides is 1. The van der Waals surface area contributed by atoms with Gasteiger partial charge >= 0.3 is 0 Å². The molecule has 1 aromatic rings. The highest BCUT2D eigenvalue weighted by Gasteiger charge is 2.26. The molecule has 19 heavy (non-hydrogen) atoms. The molecule has 1 saturated heterocycles. The van der Waals surface area contributed by atoms with Gasteiger partial charge in [-0.1, -0.05) is 0 Å². The zero-order chi connectivity index (χ0) is 13.8. The van der Waals surface area contributed by atoms with E-state index < -0.39 is 0 Å². The van der Waals surface area contributed by atoms with Crippen LogP contribution in [0.15, 0.2) is 12.5 Å². The molecule has 6 heteroatoms. The summed E-state index contributed by atoms with van der Waals surface area (Å²) in [6.45, 7) is 3.87. The van der Waals surface area contributed by atoms with E-state index in [1.807, 2.05) is 16.5 Å². The zero-order valence-electron chi connectivity index (χ0n) is 11.7. The van der Waals surface area contributed by atoms with Crippen molar-refractivity contribution in [3.8, 4) is 0 Å². The van der Waals surface area contributed by atoms with E-state index in [4.69, 9.17) is 5.73 Å². The summed E-state index contributed by atoms with van der Waals surface area (Å²) in [5.74, 6) is 0.0376. The van der Waals surface area contributed by atoms with Gasteiger partial charge < -0.3 is 20.1 Å². The topological polar surface area (TPSA) is 67.4 Å². The monoisotopic (exact) mass is 265 g/mol. The van der Waals surface area contributed by atoms with Gasteiger partial charge in [0.25, 0.3) is 0 Å². The van der Waals surface area contributed by atoms with Gasteiger partial charge in [-0.25, -0.2) is 4.98 Å². The molecule has 0 saturated carbocycles. The fourth-order valence-corrected chi connectivity index (χ4v) is 2.39. The third-order valence-electron chi connectivity index (χ3n) is 3.82. The lowest BCUT2D eigenvalue weighted by Crippen LogP contribution is -2.50. The highest BCUT2D eigenvalue weighted by atomic mass is 16.2. The number of imidazole rings is 1. The average molecular weight is 265 g/mol. The number of rotatable bonds is 4. The quantitative estimate of drug-likeness (QED) is 0.782. The molecule has 0 bridgehead atoms. The normalized spacial score (nSPS) is 18.6. The van der Waals surface area contributed by atoms with Gasteiger partial charge in [0, 0.05) is 58.1 Å². The van der Waals surface area contributed by atoms with Crippen LogP contribution in [0.1, 0.15) is 5.69 Å². The summed E-state index contributed by atoms with van der Waals surface area (Å²) in [5.41, 5.74) is 6.84. The smallest absolute Gasteiger partial charge is 0.227 e. The predicted molar refractivity (Wildman–Crippen MR) is 73.5 cm³/mol. The van der Waals surface area contributed by atoms with Gasteiger partial charge in [-0.15, -0.1) is 0 Å². The highest BCUT2D eigenvalue weighted by molar-refractivity contribution is 5.79. The summed E-state index contributed by atoms with van der Waals surface area (Å²) in [4.78, 5) is 20.7. The Labute approximate surface area is 114 Å². The molecule has 1 aliphatic heterocycles. The number of nitrogens with zero attached hydrogens (tertiary/aromatic N) is 4. The summed E-state index contributed by atoms with van der Waals surface area (Å²) < 4.78 is 1.94. The second-order valence-electron chi connectivity index (χ2n) is 5.26. The van der Waals surface area contributed by atoms with E-state index >= 15 is 0 Å². The van der Waals surface area contributed by atoms with Crippen molar-refractivity contribution in [3.63, 3.8) is 0 Å². The molecule has 1 aliphatic rings. The van der Waals surface area contributed by atoms with Crippen LogP contribution in [-0.2, 0) is 18.3 Å². The van der Waals surface area contributed by atoms with Gasteiger partial charge in [0.05, 0.1) is 12.2 Å². The second kappa shape index (κ2) is 6.16. The fraction of sp³-hybridized carbons (Fsp3) is 0.692. The number of hydrogen-bond donors (Lipinski definition) is 1. The van der Waals surface area contributed by atoms with Crippen molar-refractivity contribution >= 4 is 5.91 Å². The van der Waals surface area contributed by atoms with E-state index in [2.05, 4.69) is 16.9 Å². The lowest BCUT2D eigenvalue weighted by molar-refractivity contribution is -0.136. The van der Waals surface area contributed by atoms with E-state index in [1.54, 1.807) is 12.5 Å². The molecule has 6 nitrogen and oxygen atoms in total. The van der Waals surface area contributed by atoms with Crippen LogP contribution in [0, 0.1) is 5.92 Å². The van der Waals surface area contributed by atoms with Crippen LogP contribution >= 0.6 is 0 Å². The van der Waals surface area contributed by atoms with Crippen LogP contribution in [-0.4, -0.2) is 65.0 Å². The molecule has 1 unspecified atom stereocenters. The van der Waals surface area contributed by atoms with Gasteiger partial charge in [-0.3, -0.25) is 4.79 Å². The highest BCUT2D eigenvalue weighted by Crippen LogP contribution is 2.12. The number of carbonyl (C=O) groups excluding carboxylic acids is 1. The molecule has 0 spiro atoms. The lowest BCUT2D eigenvalue weighted by Gasteiger charge is -2.34. The molecule has 0 aliphatic carbocycles. The number of piperazine rings is 1. The van der Waals surface area contributed by atoms with Gasteiger partial charge in [0.1, 0.15) is 0 Å². The minimum atomic E-state index is -0.140. The van der Waals surface area contributed by atoms with E-state index in [9.17, 15) is 4.79 Å². The Kier molecular flexibility index (Phi) is 4.55. The summed E-state index contributed by atoms with van der Waals surface area (Å²) in [5, 5.41) is 0. The first kappa shape index (κ1) is 14.0. The second-order valence-corrected chi connectivity index (χ2v) is 5.26. The molecule has 1 atom stereocenters. The Morgan fingerprint density at radius 2 is 2.05 bits per heavy atom. The molecular weight excluding hydrogens is 242 g/mol. The third-order valence-corrected chi connectivity index (χ3v) is 3.82. The van der Waals surface area contributed by atoms with E-state index in [-0.39, 0.29) is 11.8 Å². The number of carbonyl (C=O) groups is 1. The van der Waals surface area contributed by atoms with Crippen LogP contribution in [0.2, 0.25) is 0 Å². The fourth-order valence-electron chi connectivity index (χ4n) is 2.39. The van der Waals surface area contributed by atoms with Crippen molar-refractivity contribution in [1.82, 2.24) is 19.4 Å². The Morgan fingerprint density at radius 1 is 1.37 bits per heavy atom. The third kappa shape index (κ3) is 3.33. The largest absolute Gasteiger partial charge is 0.340 e. The van der Waals surface area contributed by atoms with Gasteiger partial charge in [-0.05, 0) is 7.05 Å². The predicted octanol–water partition coefficient (Wildman–Crippen LogP) is -0.688. The van der Waals surface area contributed by atoms with Crippen molar-refractivity contribution in [2.45, 2.75) is 6.42 Å². The first-order valence-corrected chi connectivity index (χ1v) is 6.74. The standard InChI is InChI=1S/C13H23N5O/c1-16-3-5-18(6-4-16)13(19)11(8-14)7-12-9-15-10-17(12)2/h9-11H,3-8,14H2,1-2H3. The van der Waals surface area contributed by atoms with Crippen molar-refractivity contribution < 1.29 is 4.79 Å². The summed E-state index contributed by atoms with van der Waals surface area (Å²) in [7, 11) is 4.02. The molecule has 2 heterocycles. The maximum absolute atomic E-state index is 12.5. The number of hydrogen-bond acceptors (Lipinski definition) is 4. The van der Waals surface area contributed by atoms with Gasteiger partial charge in [0.2, 0.25) is 5.91 Å². The minimum absolute atomic E-state index is 0.140. The number of nitrogens with two attached hydrogens (primary N) is 1. The maximum Gasteiger partial charge on any atom is 0.227 e. The van der Waals surface area contributed by atoms with Crippen LogP contribution in [0.3, 0.4) is 0 Å². The van der Waals surface area contributed by atoms with E-state index in [0.717, 1.165) is 31.9 Å². The summed E-state index contributed by atoms with van der Waals surface area (Å²) >= 11 is 0. The van der Waals surface area contributed by atoms with Gasteiger partial charge in [0.15, 0.2) is 0 Å². The molecule has 1 aromatic heterocycles. The molecule has 0 radical (unpaired) electrons. The molecule has 0 aromatic carbocycles. The number of aromatic nitrogens is 2. The Morgan fingerprint density at radius 3 is 2.58 bits per heavy atom. The van der Waals surface area contributed by atoms with Crippen LogP contribution in [0.4, 0.5) is 0 Å². The summed E-state index contributed by atoms with van der Waals surface area (Å²) in [6, 6.07) is 0. The maximum atomic E-state index is 12.5. The summed E-state index contributed by atoms with van der Waals surface area (Å²) in [6.07, 6.45) is 4.22. The number of aryl methyl sites for hydroxylation is 1. The van der Waals surface area contributed by atoms with Crippen molar-refractivity contribution in [2.24, 2.45) is 18.7 Å². The Bertz CT molecular complexity index is 422. The van der Waals surface area contributed by atoms with Crippen molar-refractivity contribution in [2.75, 3.05) is 39.8 Å². The van der Waals surface area contributed by atoms with Crippen molar-refractivity contribution in [1.29, 1.82) is 0 Å². The van der Waals surface area contributed by atoms with Gasteiger partial charge in [-0.2, -0.15) is 0 Å². The minimum Gasteiger partial charge on any atom is -0.340 e. The molecule has 1 fully saturated rings. The van der Waals surface area contributed by atoms with E-state index in [0.29, 0.717) is 13.0 Å².